The van der Waals surface area contributed by atoms with Gasteiger partial charge < -0.3 is 0 Å². The molecular formula is C20H18N2O. The number of nitrogens with zero attached hydrogens (tertiary/aromatic N) is 2. The quantitative estimate of drug-likeness (QED) is 0.644. The van der Waals surface area contributed by atoms with Gasteiger partial charge in [-0.25, -0.2) is 9.97 Å². The molecule has 1 atom stereocenters. The summed E-state index contributed by atoms with van der Waals surface area (Å²) in [5.74, 6) is 0.271. The highest BCUT2D eigenvalue weighted by Gasteiger charge is 2.18. The number of rotatable bonds is 6. The van der Waals surface area contributed by atoms with Crippen LogP contribution in [0.4, 0.5) is 0 Å². The van der Waals surface area contributed by atoms with Crippen LogP contribution in [-0.2, 0) is 6.42 Å². The van der Waals surface area contributed by atoms with Crippen LogP contribution in [0.1, 0.15) is 34.0 Å². The van der Waals surface area contributed by atoms with Gasteiger partial charge in [-0.3, -0.25) is 4.79 Å². The molecule has 0 aliphatic heterocycles. The maximum atomic E-state index is 12.6. The van der Waals surface area contributed by atoms with E-state index in [-0.39, 0.29) is 11.7 Å². The lowest BCUT2D eigenvalue weighted by Crippen LogP contribution is -2.11. The van der Waals surface area contributed by atoms with Gasteiger partial charge in [0.25, 0.3) is 0 Å². The summed E-state index contributed by atoms with van der Waals surface area (Å²) in [5, 5.41) is 0. The van der Waals surface area contributed by atoms with Crippen molar-refractivity contribution in [3.05, 3.63) is 96.1 Å². The van der Waals surface area contributed by atoms with E-state index in [0.717, 1.165) is 23.2 Å². The van der Waals surface area contributed by atoms with Gasteiger partial charge in [0.2, 0.25) is 0 Å². The molecule has 0 bridgehead atoms. The van der Waals surface area contributed by atoms with Gasteiger partial charge in [-0.2, -0.15) is 0 Å². The lowest BCUT2D eigenvalue weighted by Gasteiger charge is -2.16. The zero-order chi connectivity index (χ0) is 15.9. The predicted molar refractivity (Wildman–Crippen MR) is 90.3 cm³/mol. The number of carbonyl (C=O) groups excluding carboxylic acids is 1. The number of hydrogen-bond donors (Lipinski definition) is 0. The van der Waals surface area contributed by atoms with Gasteiger partial charge in [0.05, 0.1) is 0 Å². The van der Waals surface area contributed by atoms with Gasteiger partial charge in [0.15, 0.2) is 5.78 Å². The van der Waals surface area contributed by atoms with Crippen molar-refractivity contribution in [3.8, 4) is 0 Å². The summed E-state index contributed by atoms with van der Waals surface area (Å²) >= 11 is 0. The van der Waals surface area contributed by atoms with E-state index in [2.05, 4.69) is 22.1 Å². The summed E-state index contributed by atoms with van der Waals surface area (Å²) in [5.41, 5.74) is 2.88. The van der Waals surface area contributed by atoms with Crippen LogP contribution >= 0.6 is 0 Å². The van der Waals surface area contributed by atoms with Crippen molar-refractivity contribution in [2.24, 2.45) is 0 Å². The van der Waals surface area contributed by atoms with Crippen LogP contribution in [-0.4, -0.2) is 15.8 Å². The van der Waals surface area contributed by atoms with Crippen LogP contribution in [0.3, 0.4) is 0 Å². The Kier molecular flexibility index (Phi) is 4.89. The molecule has 0 aliphatic rings. The first-order valence-corrected chi connectivity index (χ1v) is 7.71. The van der Waals surface area contributed by atoms with Gasteiger partial charge in [-0.05, 0) is 24.0 Å². The van der Waals surface area contributed by atoms with Gasteiger partial charge in [-0.1, -0.05) is 60.7 Å². The summed E-state index contributed by atoms with van der Waals surface area (Å²) < 4.78 is 0. The fraction of sp³-hybridized carbons (Fsp3) is 0.150. The third-order valence-electron chi connectivity index (χ3n) is 3.90. The maximum Gasteiger partial charge on any atom is 0.163 e. The van der Waals surface area contributed by atoms with Crippen LogP contribution in [0.25, 0.3) is 0 Å². The van der Waals surface area contributed by atoms with Crippen molar-refractivity contribution in [2.75, 3.05) is 0 Å². The summed E-state index contributed by atoms with van der Waals surface area (Å²) in [7, 11) is 0. The molecule has 1 heterocycles. The summed E-state index contributed by atoms with van der Waals surface area (Å²) in [4.78, 5) is 20.8. The number of carbonyl (C=O) groups is 1. The van der Waals surface area contributed by atoms with E-state index in [0.29, 0.717) is 6.42 Å². The summed E-state index contributed by atoms with van der Waals surface area (Å²) in [6, 6.07) is 21.5. The van der Waals surface area contributed by atoms with Crippen LogP contribution in [0.15, 0.2) is 79.3 Å². The molecule has 0 aliphatic carbocycles. The number of Topliss-reactive ketones (excluding diaryl/α,β-unsaturated/α-hetero) is 1. The second-order valence-corrected chi connectivity index (χ2v) is 5.51. The molecule has 0 saturated carbocycles. The average Bonchev–Trinajstić information content (AvgIpc) is 2.63. The Balaban J connectivity index is 1.82. The van der Waals surface area contributed by atoms with E-state index in [9.17, 15) is 4.79 Å². The van der Waals surface area contributed by atoms with E-state index >= 15 is 0 Å². The Morgan fingerprint density at radius 3 is 2.26 bits per heavy atom. The minimum Gasteiger partial charge on any atom is -0.294 e. The largest absolute Gasteiger partial charge is 0.294 e. The lowest BCUT2D eigenvalue weighted by molar-refractivity contribution is 0.0973. The first-order valence-electron chi connectivity index (χ1n) is 7.71. The first-order chi connectivity index (χ1) is 11.3. The van der Waals surface area contributed by atoms with Gasteiger partial charge in [-0.15, -0.1) is 0 Å². The van der Waals surface area contributed by atoms with Crippen LogP contribution in [0.2, 0.25) is 0 Å². The Hall–Kier alpha value is -2.81. The van der Waals surface area contributed by atoms with Gasteiger partial charge in [0.1, 0.15) is 6.33 Å². The minimum atomic E-state index is 0.110. The molecule has 114 valence electrons. The third-order valence-corrected chi connectivity index (χ3v) is 3.90. The summed E-state index contributed by atoms with van der Waals surface area (Å²) in [6.45, 7) is 0. The predicted octanol–water partition coefficient (Wildman–Crippen LogP) is 4.08. The molecule has 3 rings (SSSR count). The van der Waals surface area contributed by atoms with Crippen molar-refractivity contribution in [3.63, 3.8) is 0 Å². The van der Waals surface area contributed by atoms with Crippen molar-refractivity contribution in [1.29, 1.82) is 0 Å². The number of ketones is 1. The highest BCUT2D eigenvalue weighted by Crippen LogP contribution is 2.25. The highest BCUT2D eigenvalue weighted by molar-refractivity contribution is 5.96. The smallest absolute Gasteiger partial charge is 0.163 e. The summed E-state index contributed by atoms with van der Waals surface area (Å²) in [6.07, 6.45) is 4.49. The number of aromatic nitrogens is 2. The second kappa shape index (κ2) is 7.45. The fourth-order valence-corrected chi connectivity index (χ4v) is 2.69. The first kappa shape index (κ1) is 15.1. The van der Waals surface area contributed by atoms with E-state index in [1.165, 1.54) is 0 Å². The van der Waals surface area contributed by atoms with Gasteiger partial charge in [0, 0.05) is 23.9 Å². The Morgan fingerprint density at radius 2 is 1.61 bits per heavy atom. The van der Waals surface area contributed by atoms with E-state index in [1.54, 1.807) is 12.5 Å². The molecule has 0 N–H and O–H groups in total. The van der Waals surface area contributed by atoms with Crippen LogP contribution in [0, 0.1) is 0 Å². The molecule has 0 radical (unpaired) electrons. The molecule has 2 aromatic carbocycles. The average molecular weight is 302 g/mol. The third kappa shape index (κ3) is 4.10. The molecule has 3 nitrogen and oxygen atoms in total. The normalized spacial score (nSPS) is 11.8. The number of benzene rings is 2. The highest BCUT2D eigenvalue weighted by atomic mass is 16.1. The van der Waals surface area contributed by atoms with E-state index in [4.69, 9.17) is 0 Å². The van der Waals surface area contributed by atoms with Crippen LogP contribution in [0.5, 0.6) is 0 Å². The molecule has 0 amide bonds. The van der Waals surface area contributed by atoms with Gasteiger partial charge >= 0.3 is 0 Å². The molecule has 0 fully saturated rings. The fourth-order valence-electron chi connectivity index (χ4n) is 2.69. The Bertz CT molecular complexity index is 742. The standard InChI is InChI=1S/C20H18N2O/c23-20(17-9-5-2-6-10-17)14-18(16-7-3-1-4-8-16)13-19-11-12-21-15-22-19/h1-12,15,18H,13-14H2. The van der Waals surface area contributed by atoms with E-state index in [1.807, 2.05) is 54.6 Å². The zero-order valence-corrected chi connectivity index (χ0v) is 12.8. The lowest BCUT2D eigenvalue weighted by atomic mass is 9.88. The molecule has 1 aromatic heterocycles. The second-order valence-electron chi connectivity index (χ2n) is 5.51. The molecule has 0 saturated heterocycles. The van der Waals surface area contributed by atoms with Crippen molar-refractivity contribution >= 4 is 5.78 Å². The topological polar surface area (TPSA) is 42.9 Å². The van der Waals surface area contributed by atoms with Crippen molar-refractivity contribution in [1.82, 2.24) is 9.97 Å². The SMILES string of the molecule is O=C(CC(Cc1ccncn1)c1ccccc1)c1ccccc1. The molecule has 23 heavy (non-hydrogen) atoms. The van der Waals surface area contributed by atoms with Crippen LogP contribution < -0.4 is 0 Å². The number of hydrogen-bond acceptors (Lipinski definition) is 3. The molecule has 3 heteroatoms. The maximum absolute atomic E-state index is 12.6. The Labute approximate surface area is 136 Å². The van der Waals surface area contributed by atoms with Crippen molar-refractivity contribution < 1.29 is 4.79 Å². The molecule has 3 aromatic rings. The molecule has 1 unspecified atom stereocenters. The molecular weight excluding hydrogens is 284 g/mol. The van der Waals surface area contributed by atoms with Crippen molar-refractivity contribution in [2.45, 2.75) is 18.8 Å². The molecule has 0 spiro atoms. The Morgan fingerprint density at radius 1 is 0.913 bits per heavy atom. The minimum absolute atomic E-state index is 0.110. The van der Waals surface area contributed by atoms with E-state index < -0.39 is 0 Å². The zero-order valence-electron chi connectivity index (χ0n) is 12.8. The monoisotopic (exact) mass is 302 g/mol.